The number of hydrogen-bond acceptors (Lipinski definition) is 2. The average Bonchev–Trinajstić information content (AvgIpc) is 2.47. The first kappa shape index (κ1) is 19.3. The molecule has 0 saturated heterocycles. The van der Waals surface area contributed by atoms with Crippen LogP contribution >= 0.6 is 42.2 Å². The summed E-state index contributed by atoms with van der Waals surface area (Å²) in [5.41, 5.74) is 0. The minimum atomic E-state index is -3.41. The molecule has 2 rings (SSSR count). The average molecular weight is 392 g/mol. The van der Waals surface area contributed by atoms with Crippen molar-refractivity contribution >= 4 is 42.2 Å². The van der Waals surface area contributed by atoms with Gasteiger partial charge in [-0.2, -0.15) is 0 Å². The van der Waals surface area contributed by atoms with Crippen molar-refractivity contribution in [2.75, 3.05) is 0 Å². The maximum absolute atomic E-state index is 13.4. The van der Waals surface area contributed by atoms with Gasteiger partial charge in [-0.3, -0.25) is 4.57 Å². The summed E-state index contributed by atoms with van der Waals surface area (Å²) >= 11 is 17.5. The quantitative estimate of drug-likeness (QED) is 0.469. The molecule has 8 heteroatoms. The molecule has 0 bridgehead atoms. The van der Waals surface area contributed by atoms with Gasteiger partial charge in [-0.15, -0.1) is 0 Å². The second-order valence-electron chi connectivity index (χ2n) is 6.50. The van der Waals surface area contributed by atoms with Gasteiger partial charge in [-0.05, 0) is 25.7 Å². The number of aliphatic hydroxyl groups is 1. The van der Waals surface area contributed by atoms with Crippen molar-refractivity contribution in [1.29, 1.82) is 0 Å². The van der Waals surface area contributed by atoms with Crippen LogP contribution in [0.25, 0.3) is 0 Å². The van der Waals surface area contributed by atoms with Crippen LogP contribution in [-0.2, 0) is 4.57 Å². The highest BCUT2D eigenvalue weighted by Crippen LogP contribution is 2.53. The van der Waals surface area contributed by atoms with Gasteiger partial charge in [0.1, 0.15) is 0 Å². The molecule has 4 nitrogen and oxygen atoms in total. The lowest BCUT2D eigenvalue weighted by atomic mass is 9.96. The molecule has 130 valence electrons. The third-order valence-electron chi connectivity index (χ3n) is 4.60. The molecule has 0 spiro atoms. The molecule has 2 aliphatic carbocycles. The number of aliphatic hydroxyl groups excluding tert-OH is 1. The maximum Gasteiger partial charge on any atom is 0.243 e. The van der Waals surface area contributed by atoms with Crippen LogP contribution in [0.4, 0.5) is 0 Å². The molecule has 2 aliphatic rings. The monoisotopic (exact) mass is 390 g/mol. The first-order valence-corrected chi connectivity index (χ1v) is 11.1. The van der Waals surface area contributed by atoms with Crippen LogP contribution in [-0.4, -0.2) is 26.8 Å². The normalized spacial score (nSPS) is 24.4. The molecule has 0 aromatic carbocycles. The second kappa shape index (κ2) is 8.38. The van der Waals surface area contributed by atoms with Crippen LogP contribution < -0.4 is 10.2 Å². The molecule has 2 fully saturated rings. The largest absolute Gasteiger partial charge is 0.379 e. The van der Waals surface area contributed by atoms with E-state index >= 15 is 0 Å². The van der Waals surface area contributed by atoms with E-state index in [9.17, 15) is 9.67 Å². The van der Waals surface area contributed by atoms with Crippen molar-refractivity contribution in [2.45, 2.75) is 85.9 Å². The fraction of sp³-hybridized carbons (Fsp3) is 1.00. The van der Waals surface area contributed by atoms with Gasteiger partial charge in [0.05, 0.1) is 0 Å². The van der Waals surface area contributed by atoms with E-state index in [0.29, 0.717) is 0 Å². The molecule has 1 atom stereocenters. The predicted octanol–water partition coefficient (Wildman–Crippen LogP) is 4.71. The van der Waals surface area contributed by atoms with Gasteiger partial charge >= 0.3 is 0 Å². The molecular weight excluding hydrogens is 365 g/mol. The van der Waals surface area contributed by atoms with E-state index in [1.807, 2.05) is 0 Å². The van der Waals surface area contributed by atoms with E-state index in [0.717, 1.165) is 51.4 Å². The number of alkyl halides is 3. The van der Waals surface area contributed by atoms with Crippen molar-refractivity contribution in [3.8, 4) is 0 Å². The Kier molecular flexibility index (Phi) is 7.35. The van der Waals surface area contributed by atoms with Gasteiger partial charge in [-0.25, -0.2) is 10.2 Å². The minimum absolute atomic E-state index is 0.109. The molecule has 0 aromatic rings. The van der Waals surface area contributed by atoms with Crippen LogP contribution in [0.5, 0.6) is 0 Å². The number of hydrogen-bond donors (Lipinski definition) is 3. The van der Waals surface area contributed by atoms with E-state index in [2.05, 4.69) is 10.2 Å². The Labute approximate surface area is 148 Å². The number of nitrogens with one attached hydrogen (secondary N) is 2. The molecule has 0 aromatic heterocycles. The summed E-state index contributed by atoms with van der Waals surface area (Å²) in [6.45, 7) is 0. The molecule has 0 amide bonds. The standard InChI is InChI=1S/C14H26Cl3N2O2P/c15-14(16,17)13(20)22(21,18-11-7-3-1-4-8-11)19-12-9-5-2-6-10-12/h11-13,20H,1-10H2,(H2,18,19,21). The van der Waals surface area contributed by atoms with Gasteiger partial charge in [0.15, 0.2) is 5.85 Å². The van der Waals surface area contributed by atoms with Crippen molar-refractivity contribution in [2.24, 2.45) is 0 Å². The number of halogens is 3. The van der Waals surface area contributed by atoms with E-state index in [4.69, 9.17) is 34.8 Å². The van der Waals surface area contributed by atoms with Crippen LogP contribution in [0.3, 0.4) is 0 Å². The van der Waals surface area contributed by atoms with Gasteiger partial charge in [0.25, 0.3) is 0 Å². The first-order chi connectivity index (χ1) is 10.3. The van der Waals surface area contributed by atoms with Crippen LogP contribution in [0.1, 0.15) is 64.2 Å². The summed E-state index contributed by atoms with van der Waals surface area (Å²) in [6.07, 6.45) is 10.6. The first-order valence-electron chi connectivity index (χ1n) is 8.21. The summed E-state index contributed by atoms with van der Waals surface area (Å²) in [6, 6.07) is 0.218. The highest BCUT2D eigenvalue weighted by molar-refractivity contribution is 7.60. The summed E-state index contributed by atoms with van der Waals surface area (Å²) < 4.78 is 11.4. The van der Waals surface area contributed by atoms with Crippen LogP contribution in [0.15, 0.2) is 0 Å². The maximum atomic E-state index is 13.4. The topological polar surface area (TPSA) is 61.4 Å². The van der Waals surface area contributed by atoms with Crippen LogP contribution in [0, 0.1) is 0 Å². The molecule has 0 heterocycles. The Bertz CT molecular complexity index is 370. The molecule has 3 N–H and O–H groups in total. The molecular formula is C14H26Cl3N2O2P. The Balaban J connectivity index is 2.09. The van der Waals surface area contributed by atoms with E-state index in [1.54, 1.807) is 0 Å². The van der Waals surface area contributed by atoms with E-state index < -0.39 is 17.1 Å². The van der Waals surface area contributed by atoms with Gasteiger partial charge in [-0.1, -0.05) is 73.3 Å². The highest BCUT2D eigenvalue weighted by Gasteiger charge is 2.47. The lowest BCUT2D eigenvalue weighted by molar-refractivity contribution is 0.240. The Morgan fingerprint density at radius 2 is 1.23 bits per heavy atom. The molecule has 2 saturated carbocycles. The van der Waals surface area contributed by atoms with Gasteiger partial charge in [0.2, 0.25) is 11.2 Å². The third-order valence-corrected chi connectivity index (χ3v) is 8.25. The highest BCUT2D eigenvalue weighted by atomic mass is 35.6. The van der Waals surface area contributed by atoms with Crippen molar-refractivity contribution in [3.63, 3.8) is 0 Å². The molecule has 1 unspecified atom stereocenters. The lowest BCUT2D eigenvalue weighted by Gasteiger charge is -2.37. The summed E-state index contributed by atoms with van der Waals surface area (Å²) in [7, 11) is -3.41. The fourth-order valence-electron chi connectivity index (χ4n) is 3.39. The summed E-state index contributed by atoms with van der Waals surface area (Å²) in [5.74, 6) is -1.55. The molecule has 0 radical (unpaired) electrons. The Hall–Kier alpha value is 0.980. The molecule has 0 aliphatic heterocycles. The van der Waals surface area contributed by atoms with Gasteiger partial charge < -0.3 is 5.11 Å². The zero-order valence-electron chi connectivity index (χ0n) is 12.7. The minimum Gasteiger partial charge on any atom is -0.379 e. The SMILES string of the molecule is O=P(NC1CCCCC1)(NC1CCCCC1)C(O)C(Cl)(Cl)Cl. The smallest absolute Gasteiger partial charge is 0.243 e. The second-order valence-corrected chi connectivity index (χ2v) is 11.2. The Morgan fingerprint density at radius 1 is 0.864 bits per heavy atom. The zero-order valence-corrected chi connectivity index (χ0v) is 15.9. The zero-order chi connectivity index (χ0) is 16.2. The summed E-state index contributed by atoms with van der Waals surface area (Å²) in [5, 5.41) is 16.6. The predicted molar refractivity (Wildman–Crippen MR) is 93.9 cm³/mol. The number of rotatable bonds is 5. The van der Waals surface area contributed by atoms with Crippen molar-refractivity contribution in [1.82, 2.24) is 10.2 Å². The third kappa shape index (κ3) is 5.51. The molecule has 22 heavy (non-hydrogen) atoms. The van der Waals surface area contributed by atoms with Gasteiger partial charge in [0, 0.05) is 12.1 Å². The lowest BCUT2D eigenvalue weighted by Crippen LogP contribution is -2.45. The summed E-state index contributed by atoms with van der Waals surface area (Å²) in [4.78, 5) is 0. The Morgan fingerprint density at radius 3 is 1.55 bits per heavy atom. The van der Waals surface area contributed by atoms with E-state index in [-0.39, 0.29) is 12.1 Å². The van der Waals surface area contributed by atoms with Crippen molar-refractivity contribution in [3.05, 3.63) is 0 Å². The fourth-order valence-corrected chi connectivity index (χ4v) is 7.00. The van der Waals surface area contributed by atoms with Crippen molar-refractivity contribution < 1.29 is 9.67 Å². The van der Waals surface area contributed by atoms with E-state index in [1.165, 1.54) is 12.8 Å². The van der Waals surface area contributed by atoms with Crippen LogP contribution in [0.2, 0.25) is 0 Å².